The van der Waals surface area contributed by atoms with Gasteiger partial charge in [0.25, 0.3) is 0 Å². The lowest BCUT2D eigenvalue weighted by Gasteiger charge is -2.09. The zero-order valence-electron chi connectivity index (χ0n) is 11.5. The van der Waals surface area contributed by atoms with Crippen molar-refractivity contribution in [2.24, 2.45) is 5.92 Å². The lowest BCUT2D eigenvalue weighted by molar-refractivity contribution is 0.0690. The van der Waals surface area contributed by atoms with Crippen molar-refractivity contribution in [1.29, 1.82) is 0 Å². The van der Waals surface area contributed by atoms with Crippen molar-refractivity contribution in [2.45, 2.75) is 13.8 Å². The molecular formula is C13H19N3O4. The fraction of sp³-hybridized carbons (Fsp3) is 0.462. The van der Waals surface area contributed by atoms with Gasteiger partial charge >= 0.3 is 12.0 Å². The Morgan fingerprint density at radius 2 is 2.15 bits per heavy atom. The molecule has 7 heteroatoms. The zero-order chi connectivity index (χ0) is 15.0. The molecule has 110 valence electrons. The molecule has 0 aliphatic carbocycles. The van der Waals surface area contributed by atoms with Crippen LogP contribution in [0.1, 0.15) is 24.3 Å². The summed E-state index contributed by atoms with van der Waals surface area (Å²) in [6, 6.07) is 2.41. The summed E-state index contributed by atoms with van der Waals surface area (Å²) < 4.78 is 5.32. The summed E-state index contributed by atoms with van der Waals surface area (Å²) in [5, 5.41) is 13.9. The second-order valence-corrected chi connectivity index (χ2v) is 4.59. The summed E-state index contributed by atoms with van der Waals surface area (Å²) in [6.07, 6.45) is 1.29. The van der Waals surface area contributed by atoms with Crippen LogP contribution in [0.2, 0.25) is 0 Å². The number of carboxylic acid groups (broad SMARTS) is 1. The first kappa shape index (κ1) is 15.9. The third kappa shape index (κ3) is 6.14. The van der Waals surface area contributed by atoms with Gasteiger partial charge in [-0.25, -0.2) is 14.6 Å². The molecule has 1 aromatic heterocycles. The van der Waals surface area contributed by atoms with E-state index in [1.165, 1.54) is 18.3 Å². The number of carbonyl (C=O) groups is 2. The zero-order valence-corrected chi connectivity index (χ0v) is 11.5. The molecule has 0 spiro atoms. The lowest BCUT2D eigenvalue weighted by Crippen LogP contribution is -2.31. The van der Waals surface area contributed by atoms with Gasteiger partial charge in [-0.3, -0.25) is 0 Å². The van der Waals surface area contributed by atoms with Crippen LogP contribution in [0, 0.1) is 5.92 Å². The number of carboxylic acids is 1. The van der Waals surface area contributed by atoms with E-state index in [9.17, 15) is 9.59 Å². The first-order valence-corrected chi connectivity index (χ1v) is 6.31. The van der Waals surface area contributed by atoms with Crippen LogP contribution in [-0.4, -0.2) is 41.8 Å². The number of rotatable bonds is 7. The number of hydrogen-bond donors (Lipinski definition) is 3. The van der Waals surface area contributed by atoms with Gasteiger partial charge in [-0.15, -0.1) is 0 Å². The highest BCUT2D eigenvalue weighted by atomic mass is 16.5. The number of aromatic carboxylic acids is 1. The maximum absolute atomic E-state index is 11.5. The molecule has 20 heavy (non-hydrogen) atoms. The number of hydrogen-bond acceptors (Lipinski definition) is 4. The molecule has 0 bridgehead atoms. The van der Waals surface area contributed by atoms with Crippen LogP contribution in [0.4, 0.5) is 10.5 Å². The Labute approximate surface area is 117 Å². The smallest absolute Gasteiger partial charge is 0.354 e. The molecule has 0 fully saturated rings. The van der Waals surface area contributed by atoms with E-state index in [-0.39, 0.29) is 11.7 Å². The van der Waals surface area contributed by atoms with Gasteiger partial charge in [0.2, 0.25) is 0 Å². The summed E-state index contributed by atoms with van der Waals surface area (Å²) >= 11 is 0. The molecule has 3 N–H and O–H groups in total. The molecule has 0 radical (unpaired) electrons. The fourth-order valence-corrected chi connectivity index (χ4v) is 1.33. The minimum absolute atomic E-state index is 0.0713. The number of pyridine rings is 1. The Bertz CT molecular complexity index is 445. The number of ether oxygens (including phenoxy) is 1. The fourth-order valence-electron chi connectivity index (χ4n) is 1.33. The van der Waals surface area contributed by atoms with Crippen molar-refractivity contribution in [2.75, 3.05) is 25.1 Å². The van der Waals surface area contributed by atoms with E-state index in [0.29, 0.717) is 31.4 Å². The highest BCUT2D eigenvalue weighted by Gasteiger charge is 2.05. The number of carbonyl (C=O) groups excluding carboxylic acids is 1. The minimum Gasteiger partial charge on any atom is -0.477 e. The maximum atomic E-state index is 11.5. The Morgan fingerprint density at radius 1 is 1.40 bits per heavy atom. The van der Waals surface area contributed by atoms with Gasteiger partial charge in [0.05, 0.1) is 18.5 Å². The minimum atomic E-state index is -1.11. The molecule has 1 heterocycles. The second-order valence-electron chi connectivity index (χ2n) is 4.59. The largest absolute Gasteiger partial charge is 0.477 e. The molecule has 0 unspecified atom stereocenters. The van der Waals surface area contributed by atoms with Crippen LogP contribution in [0.15, 0.2) is 18.3 Å². The predicted molar refractivity (Wildman–Crippen MR) is 73.9 cm³/mol. The summed E-state index contributed by atoms with van der Waals surface area (Å²) in [4.78, 5) is 25.8. The van der Waals surface area contributed by atoms with Crippen LogP contribution in [0.3, 0.4) is 0 Å². The molecule has 7 nitrogen and oxygen atoms in total. The number of nitrogens with zero attached hydrogens (tertiary/aromatic N) is 1. The molecule has 1 aromatic rings. The van der Waals surface area contributed by atoms with Gasteiger partial charge in [-0.1, -0.05) is 13.8 Å². The quantitative estimate of drug-likeness (QED) is 0.659. The summed E-state index contributed by atoms with van der Waals surface area (Å²) in [5.41, 5.74) is 0.355. The van der Waals surface area contributed by atoms with E-state index < -0.39 is 5.97 Å². The average molecular weight is 281 g/mol. The number of aromatic nitrogens is 1. The Balaban J connectivity index is 2.26. The molecular weight excluding hydrogens is 262 g/mol. The van der Waals surface area contributed by atoms with Crippen LogP contribution < -0.4 is 10.6 Å². The first-order valence-electron chi connectivity index (χ1n) is 6.31. The first-order chi connectivity index (χ1) is 9.49. The van der Waals surface area contributed by atoms with Crippen LogP contribution in [0.5, 0.6) is 0 Å². The van der Waals surface area contributed by atoms with Gasteiger partial charge in [0.1, 0.15) is 5.69 Å². The Morgan fingerprint density at radius 3 is 2.70 bits per heavy atom. The van der Waals surface area contributed by atoms with E-state index >= 15 is 0 Å². The van der Waals surface area contributed by atoms with Crippen molar-refractivity contribution >= 4 is 17.7 Å². The van der Waals surface area contributed by atoms with Crippen molar-refractivity contribution in [3.8, 4) is 0 Å². The van der Waals surface area contributed by atoms with E-state index in [2.05, 4.69) is 15.6 Å². The van der Waals surface area contributed by atoms with Gasteiger partial charge in [-0.2, -0.15) is 0 Å². The maximum Gasteiger partial charge on any atom is 0.354 e. The summed E-state index contributed by atoms with van der Waals surface area (Å²) in [7, 11) is 0. The Hall–Kier alpha value is -2.15. The van der Waals surface area contributed by atoms with Crippen molar-refractivity contribution in [3.63, 3.8) is 0 Å². The van der Waals surface area contributed by atoms with Gasteiger partial charge < -0.3 is 20.5 Å². The molecule has 0 aliphatic rings. The highest BCUT2D eigenvalue weighted by molar-refractivity contribution is 5.90. The van der Waals surface area contributed by atoms with Gasteiger partial charge in [-0.05, 0) is 18.1 Å². The number of amides is 2. The highest BCUT2D eigenvalue weighted by Crippen LogP contribution is 2.05. The SMILES string of the molecule is CC(C)COCCNC(=O)Nc1ccc(C(=O)O)nc1. The van der Waals surface area contributed by atoms with E-state index in [1.54, 1.807) is 0 Å². The van der Waals surface area contributed by atoms with E-state index in [0.717, 1.165) is 0 Å². The predicted octanol–water partition coefficient (Wildman–Crippen LogP) is 1.57. The standard InChI is InChI=1S/C13H19N3O4/c1-9(2)8-20-6-5-14-13(19)16-10-3-4-11(12(17)18)15-7-10/h3-4,7,9H,5-6,8H2,1-2H3,(H,17,18)(H2,14,16,19). The molecule has 0 atom stereocenters. The van der Waals surface area contributed by atoms with Crippen LogP contribution in [-0.2, 0) is 4.74 Å². The topological polar surface area (TPSA) is 101 Å². The van der Waals surface area contributed by atoms with E-state index in [4.69, 9.17) is 9.84 Å². The molecule has 0 aromatic carbocycles. The van der Waals surface area contributed by atoms with Crippen molar-refractivity contribution in [3.05, 3.63) is 24.0 Å². The Kier molecular flexibility index (Phi) is 6.45. The van der Waals surface area contributed by atoms with Crippen LogP contribution >= 0.6 is 0 Å². The van der Waals surface area contributed by atoms with Crippen molar-refractivity contribution < 1.29 is 19.4 Å². The number of anilines is 1. The second kappa shape index (κ2) is 8.11. The number of nitrogens with one attached hydrogen (secondary N) is 2. The molecule has 0 saturated heterocycles. The molecule has 0 saturated carbocycles. The average Bonchev–Trinajstić information content (AvgIpc) is 2.38. The van der Waals surface area contributed by atoms with Gasteiger partial charge in [0.15, 0.2) is 0 Å². The number of urea groups is 1. The molecule has 2 amide bonds. The monoisotopic (exact) mass is 281 g/mol. The normalized spacial score (nSPS) is 10.3. The third-order valence-corrected chi connectivity index (χ3v) is 2.22. The summed E-state index contributed by atoms with van der Waals surface area (Å²) in [5.74, 6) is -0.647. The van der Waals surface area contributed by atoms with E-state index in [1.807, 2.05) is 13.8 Å². The van der Waals surface area contributed by atoms with Crippen molar-refractivity contribution in [1.82, 2.24) is 10.3 Å². The van der Waals surface area contributed by atoms with Crippen LogP contribution in [0.25, 0.3) is 0 Å². The lowest BCUT2D eigenvalue weighted by atomic mass is 10.2. The third-order valence-electron chi connectivity index (χ3n) is 2.22. The molecule has 0 aliphatic heterocycles. The van der Waals surface area contributed by atoms with Gasteiger partial charge in [0, 0.05) is 13.2 Å². The summed E-state index contributed by atoms with van der Waals surface area (Å²) in [6.45, 7) is 5.60. The molecule has 1 rings (SSSR count).